The molecule has 2 rings (SSSR count). The fourth-order valence-corrected chi connectivity index (χ4v) is 3.33. The molecule has 1 saturated heterocycles. The van der Waals surface area contributed by atoms with Gasteiger partial charge in [0.1, 0.15) is 6.10 Å². The summed E-state index contributed by atoms with van der Waals surface area (Å²) in [4.78, 5) is 46.7. The Morgan fingerprint density at radius 2 is 1.50 bits per heavy atom. The molecule has 2 aliphatic rings. The Labute approximate surface area is 151 Å². The van der Waals surface area contributed by atoms with Crippen LogP contribution in [-0.4, -0.2) is 48.5 Å². The van der Waals surface area contributed by atoms with Crippen molar-refractivity contribution in [2.24, 2.45) is 5.92 Å². The summed E-state index contributed by atoms with van der Waals surface area (Å²) in [5.41, 5.74) is 0. The number of hydrogen-bond donors (Lipinski definition) is 1. The van der Waals surface area contributed by atoms with Crippen LogP contribution in [0.15, 0.2) is 0 Å². The Hall–Kier alpha value is -2.16. The lowest BCUT2D eigenvalue weighted by Gasteiger charge is -2.42. The van der Waals surface area contributed by atoms with Gasteiger partial charge in [-0.1, -0.05) is 12.8 Å². The fraction of sp³-hybridized carbons (Fsp3) is 0.765. The van der Waals surface area contributed by atoms with Crippen molar-refractivity contribution in [3.05, 3.63) is 0 Å². The van der Waals surface area contributed by atoms with E-state index >= 15 is 0 Å². The van der Waals surface area contributed by atoms with Crippen molar-refractivity contribution < 1.29 is 38.1 Å². The van der Waals surface area contributed by atoms with Gasteiger partial charge in [0.25, 0.3) is 0 Å². The normalized spacial score (nSPS) is 28.9. The molecule has 3 unspecified atom stereocenters. The molecule has 9 heteroatoms. The molecule has 2 fully saturated rings. The van der Waals surface area contributed by atoms with Crippen LogP contribution in [0, 0.1) is 5.92 Å². The lowest BCUT2D eigenvalue weighted by Crippen LogP contribution is -2.62. The molecule has 0 aromatic carbocycles. The minimum Gasteiger partial charge on any atom is -0.458 e. The quantitative estimate of drug-likeness (QED) is 0.428. The average Bonchev–Trinajstić information content (AvgIpc) is 3.03. The molecular weight excluding hydrogens is 346 g/mol. The summed E-state index contributed by atoms with van der Waals surface area (Å²) in [5.74, 6) is -4.04. The van der Waals surface area contributed by atoms with Crippen LogP contribution in [0.5, 0.6) is 0 Å². The van der Waals surface area contributed by atoms with Crippen molar-refractivity contribution in [2.75, 3.05) is 6.61 Å². The zero-order valence-electron chi connectivity index (χ0n) is 15.2. The lowest BCUT2D eigenvalue weighted by atomic mass is 10.0. The molecular formula is C17H25NO8. The summed E-state index contributed by atoms with van der Waals surface area (Å²) in [6.45, 7) is 3.42. The molecule has 1 amide bonds. The van der Waals surface area contributed by atoms with Crippen LogP contribution in [0.1, 0.15) is 52.9 Å². The highest BCUT2D eigenvalue weighted by atomic mass is 16.7. The fourth-order valence-electron chi connectivity index (χ4n) is 3.33. The summed E-state index contributed by atoms with van der Waals surface area (Å²) in [6, 6.07) is 0. The van der Waals surface area contributed by atoms with E-state index < -0.39 is 36.0 Å². The van der Waals surface area contributed by atoms with E-state index in [1.807, 2.05) is 0 Å². The van der Waals surface area contributed by atoms with Crippen molar-refractivity contribution in [3.8, 4) is 0 Å². The highest BCUT2D eigenvalue weighted by Crippen LogP contribution is 2.31. The van der Waals surface area contributed by atoms with Crippen LogP contribution in [0.4, 0.5) is 0 Å². The predicted molar refractivity (Wildman–Crippen MR) is 86.3 cm³/mol. The number of hydrogen-bond acceptors (Lipinski definition) is 8. The Balaban J connectivity index is 2.17. The topological polar surface area (TPSA) is 117 Å². The van der Waals surface area contributed by atoms with Gasteiger partial charge in [0.2, 0.25) is 5.91 Å². The van der Waals surface area contributed by atoms with Crippen molar-refractivity contribution >= 4 is 23.8 Å². The van der Waals surface area contributed by atoms with E-state index in [2.05, 4.69) is 5.32 Å². The van der Waals surface area contributed by atoms with E-state index in [4.69, 9.17) is 18.9 Å². The molecule has 9 nitrogen and oxygen atoms in total. The van der Waals surface area contributed by atoms with Crippen LogP contribution < -0.4 is 5.32 Å². The highest BCUT2D eigenvalue weighted by molar-refractivity contribution is 5.79. The molecule has 1 aliphatic carbocycles. The number of esters is 3. The van der Waals surface area contributed by atoms with Crippen LogP contribution in [-0.2, 0) is 38.1 Å². The second kappa shape index (κ2) is 8.48. The molecule has 146 valence electrons. The maximum Gasteiger partial charge on any atom is 0.306 e. The maximum atomic E-state index is 12.5. The molecule has 1 saturated carbocycles. The van der Waals surface area contributed by atoms with Gasteiger partial charge in [-0.25, -0.2) is 0 Å². The first-order valence-electron chi connectivity index (χ1n) is 8.71. The van der Waals surface area contributed by atoms with Crippen molar-refractivity contribution in [2.45, 2.75) is 71.0 Å². The summed E-state index contributed by atoms with van der Waals surface area (Å²) >= 11 is 0. The number of rotatable bonds is 5. The summed E-state index contributed by atoms with van der Waals surface area (Å²) in [5, 5.41) is 2.65. The van der Waals surface area contributed by atoms with E-state index in [9.17, 15) is 19.2 Å². The molecule has 0 spiro atoms. The molecule has 1 heterocycles. The monoisotopic (exact) mass is 371 g/mol. The summed E-state index contributed by atoms with van der Waals surface area (Å²) in [6.07, 6.45) is 1.48. The Bertz CT molecular complexity index is 571. The van der Waals surface area contributed by atoms with E-state index in [0.29, 0.717) is 0 Å². The third-order valence-corrected chi connectivity index (χ3v) is 4.35. The Morgan fingerprint density at radius 3 is 2.04 bits per heavy atom. The summed E-state index contributed by atoms with van der Waals surface area (Å²) in [7, 11) is 0. The van der Waals surface area contributed by atoms with E-state index in [1.165, 1.54) is 20.8 Å². The van der Waals surface area contributed by atoms with Crippen LogP contribution in [0.2, 0.25) is 0 Å². The molecule has 1 N–H and O–H groups in total. The number of amides is 1. The van der Waals surface area contributed by atoms with Crippen LogP contribution in [0.25, 0.3) is 0 Å². The van der Waals surface area contributed by atoms with Crippen molar-refractivity contribution in [3.63, 3.8) is 0 Å². The van der Waals surface area contributed by atoms with Gasteiger partial charge >= 0.3 is 23.8 Å². The zero-order chi connectivity index (χ0) is 19.3. The second-order valence-electron chi connectivity index (χ2n) is 6.63. The molecule has 0 aromatic rings. The molecule has 1 aliphatic heterocycles. The highest BCUT2D eigenvalue weighted by Gasteiger charge is 2.49. The molecule has 3 atom stereocenters. The number of nitrogens with one attached hydrogen (secondary N) is 1. The van der Waals surface area contributed by atoms with Gasteiger partial charge in [-0.15, -0.1) is 0 Å². The van der Waals surface area contributed by atoms with Crippen LogP contribution in [0.3, 0.4) is 0 Å². The molecule has 0 bridgehead atoms. The number of ether oxygens (including phenoxy) is 4. The van der Waals surface area contributed by atoms with Gasteiger partial charge in [0, 0.05) is 26.7 Å². The first-order chi connectivity index (χ1) is 12.2. The predicted octanol–water partition coefficient (Wildman–Crippen LogP) is 0.793. The number of carbonyl (C=O) groups excluding carboxylic acids is 4. The molecule has 26 heavy (non-hydrogen) atoms. The minimum atomic E-state index is -1.76. The van der Waals surface area contributed by atoms with E-state index in [0.717, 1.165) is 25.7 Å². The minimum absolute atomic E-state index is 0.176. The Morgan fingerprint density at radius 1 is 0.923 bits per heavy atom. The molecule has 0 radical (unpaired) electrons. The number of carbonyl (C=O) groups is 4. The maximum absolute atomic E-state index is 12.5. The smallest absolute Gasteiger partial charge is 0.306 e. The largest absolute Gasteiger partial charge is 0.458 e. The first kappa shape index (κ1) is 20.2. The standard InChI is InChI=1S/C17H25NO8/c1-10(19)24-14-8-17(26-12(3)21,23-9-15(14)25-11(2)20)18-16(22)13-6-4-5-7-13/h13-15H,4-9H2,1-3H3,(H,18,22). The van der Waals surface area contributed by atoms with Gasteiger partial charge < -0.3 is 18.9 Å². The molecule has 0 aromatic heterocycles. The van der Waals surface area contributed by atoms with Crippen LogP contribution >= 0.6 is 0 Å². The van der Waals surface area contributed by atoms with Gasteiger partial charge in [-0.3, -0.25) is 24.5 Å². The summed E-state index contributed by atoms with van der Waals surface area (Å²) < 4.78 is 21.2. The van der Waals surface area contributed by atoms with E-state index in [-0.39, 0.29) is 24.9 Å². The third-order valence-electron chi connectivity index (χ3n) is 4.35. The first-order valence-corrected chi connectivity index (χ1v) is 8.71. The Kier molecular flexibility index (Phi) is 6.57. The SMILES string of the molecule is CC(=O)OC1COC(NC(=O)C2CCCC2)(OC(C)=O)CC1OC(C)=O. The average molecular weight is 371 g/mol. The van der Waals surface area contributed by atoms with Crippen molar-refractivity contribution in [1.82, 2.24) is 5.32 Å². The lowest BCUT2D eigenvalue weighted by molar-refractivity contribution is -0.293. The zero-order valence-corrected chi connectivity index (χ0v) is 15.2. The second-order valence-corrected chi connectivity index (χ2v) is 6.63. The van der Waals surface area contributed by atoms with E-state index in [1.54, 1.807) is 0 Å². The van der Waals surface area contributed by atoms with Gasteiger partial charge in [-0.05, 0) is 12.8 Å². The van der Waals surface area contributed by atoms with Gasteiger partial charge in [-0.2, -0.15) is 0 Å². The van der Waals surface area contributed by atoms with Gasteiger partial charge in [0.15, 0.2) is 6.10 Å². The third kappa shape index (κ3) is 5.42. The van der Waals surface area contributed by atoms with Crippen molar-refractivity contribution in [1.29, 1.82) is 0 Å². The van der Waals surface area contributed by atoms with Gasteiger partial charge in [0.05, 0.1) is 13.0 Å².